The number of nitrogens with zero attached hydrogens (tertiary/aromatic N) is 2. The van der Waals surface area contributed by atoms with Gasteiger partial charge < -0.3 is 4.57 Å². The predicted octanol–water partition coefficient (Wildman–Crippen LogP) is 6.94. The summed E-state index contributed by atoms with van der Waals surface area (Å²) in [6.45, 7) is 6.47. The van der Waals surface area contributed by atoms with Gasteiger partial charge >= 0.3 is 0 Å². The summed E-state index contributed by atoms with van der Waals surface area (Å²) in [5.74, 6) is 1.78. The molecular formula is C27H34N2O. The lowest BCUT2D eigenvalue weighted by Crippen LogP contribution is -2.23. The zero-order valence-corrected chi connectivity index (χ0v) is 18.6. The number of aryl methyl sites for hydroxylation is 1. The molecule has 158 valence electrons. The number of carbonyl (C=O) groups is 1. The average Bonchev–Trinajstić information content (AvgIpc) is 3.11. The smallest absolute Gasteiger partial charge is 0.166 e. The minimum atomic E-state index is -0.0362. The highest BCUT2D eigenvalue weighted by Crippen LogP contribution is 2.34. The molecule has 1 aromatic heterocycles. The molecule has 0 radical (unpaired) electrons. The molecule has 4 rings (SSSR count). The first-order chi connectivity index (χ1) is 14.5. The van der Waals surface area contributed by atoms with Crippen LogP contribution in [0.1, 0.15) is 80.2 Å². The van der Waals surface area contributed by atoms with Gasteiger partial charge in [0.2, 0.25) is 0 Å². The minimum Gasteiger partial charge on any atom is -0.325 e. The number of rotatable bonds is 7. The summed E-state index contributed by atoms with van der Waals surface area (Å²) in [5, 5.41) is 0. The van der Waals surface area contributed by atoms with Crippen molar-refractivity contribution in [3.8, 4) is 0 Å². The van der Waals surface area contributed by atoms with Crippen molar-refractivity contribution in [3.05, 3.63) is 65.5 Å². The van der Waals surface area contributed by atoms with Crippen LogP contribution >= 0.6 is 0 Å². The second-order valence-corrected chi connectivity index (χ2v) is 9.44. The third-order valence-electron chi connectivity index (χ3n) is 6.47. The number of ketones is 1. The molecule has 1 fully saturated rings. The molecule has 0 N–H and O–H groups in total. The molecule has 30 heavy (non-hydrogen) atoms. The molecule has 1 aliphatic rings. The van der Waals surface area contributed by atoms with Crippen LogP contribution < -0.4 is 0 Å². The van der Waals surface area contributed by atoms with E-state index in [0.717, 1.165) is 35.3 Å². The predicted molar refractivity (Wildman–Crippen MR) is 124 cm³/mol. The van der Waals surface area contributed by atoms with Crippen LogP contribution in [0.4, 0.5) is 0 Å². The lowest BCUT2D eigenvalue weighted by Gasteiger charge is -2.27. The standard InChI is InChI=1S/C27H34N2O/c1-19(2)16-22(27(30)21-11-9-10-20(3)17-21)18-26-28-24-14-7-8-15-25(24)29(26)23-12-5-4-6-13-23/h7-11,14-15,17,19,22-23H,4-6,12-13,16,18H2,1-3H3. The van der Waals surface area contributed by atoms with E-state index in [4.69, 9.17) is 4.98 Å². The quantitative estimate of drug-likeness (QED) is 0.401. The van der Waals surface area contributed by atoms with E-state index < -0.39 is 0 Å². The Bertz CT molecular complexity index is 1010. The van der Waals surface area contributed by atoms with Crippen LogP contribution in [-0.2, 0) is 6.42 Å². The van der Waals surface area contributed by atoms with E-state index in [0.29, 0.717) is 12.0 Å². The highest BCUT2D eigenvalue weighted by Gasteiger charge is 2.27. The van der Waals surface area contributed by atoms with Crippen molar-refractivity contribution in [1.82, 2.24) is 9.55 Å². The average molecular weight is 403 g/mol. The van der Waals surface area contributed by atoms with Gasteiger partial charge in [0.05, 0.1) is 11.0 Å². The number of carbonyl (C=O) groups excluding carboxylic acids is 1. The van der Waals surface area contributed by atoms with Gasteiger partial charge in [-0.25, -0.2) is 4.98 Å². The summed E-state index contributed by atoms with van der Waals surface area (Å²) in [6.07, 6.45) is 7.95. The molecule has 1 saturated carbocycles. The van der Waals surface area contributed by atoms with Gasteiger partial charge in [-0.2, -0.15) is 0 Å². The number of hydrogen-bond donors (Lipinski definition) is 0. The van der Waals surface area contributed by atoms with Gasteiger partial charge in [-0.1, -0.05) is 69.0 Å². The van der Waals surface area contributed by atoms with Crippen LogP contribution in [0.15, 0.2) is 48.5 Å². The van der Waals surface area contributed by atoms with Crippen molar-refractivity contribution >= 4 is 16.8 Å². The van der Waals surface area contributed by atoms with E-state index >= 15 is 0 Å². The van der Waals surface area contributed by atoms with Gasteiger partial charge in [-0.3, -0.25) is 4.79 Å². The first-order valence-corrected chi connectivity index (χ1v) is 11.6. The Labute approximate surface area is 180 Å². The topological polar surface area (TPSA) is 34.9 Å². The maximum Gasteiger partial charge on any atom is 0.166 e. The molecule has 1 aliphatic carbocycles. The van der Waals surface area contributed by atoms with Crippen LogP contribution in [0, 0.1) is 18.8 Å². The maximum absolute atomic E-state index is 13.5. The van der Waals surface area contributed by atoms with Crippen molar-refractivity contribution in [1.29, 1.82) is 0 Å². The van der Waals surface area contributed by atoms with Crippen molar-refractivity contribution in [3.63, 3.8) is 0 Å². The highest BCUT2D eigenvalue weighted by molar-refractivity contribution is 5.98. The zero-order valence-electron chi connectivity index (χ0n) is 18.6. The zero-order chi connectivity index (χ0) is 21.1. The summed E-state index contributed by atoms with van der Waals surface area (Å²) in [4.78, 5) is 18.5. The molecule has 0 spiro atoms. The van der Waals surface area contributed by atoms with Gasteiger partial charge in [0.1, 0.15) is 5.82 Å². The van der Waals surface area contributed by atoms with Crippen molar-refractivity contribution < 1.29 is 4.79 Å². The molecule has 0 saturated heterocycles. The molecule has 0 bridgehead atoms. The summed E-state index contributed by atoms with van der Waals surface area (Å²) < 4.78 is 2.48. The molecule has 3 heteroatoms. The lowest BCUT2D eigenvalue weighted by molar-refractivity contribution is 0.0899. The van der Waals surface area contributed by atoms with Gasteiger partial charge in [-0.15, -0.1) is 0 Å². The number of benzene rings is 2. The Morgan fingerprint density at radius 2 is 1.83 bits per heavy atom. The Morgan fingerprint density at radius 1 is 1.07 bits per heavy atom. The Balaban J connectivity index is 1.71. The molecule has 1 heterocycles. The van der Waals surface area contributed by atoms with E-state index in [-0.39, 0.29) is 11.7 Å². The first-order valence-electron chi connectivity index (χ1n) is 11.6. The third kappa shape index (κ3) is 4.50. The number of aromatic nitrogens is 2. The van der Waals surface area contributed by atoms with Gasteiger partial charge in [-0.05, 0) is 50.3 Å². The molecule has 3 aromatic rings. The first kappa shape index (κ1) is 20.8. The van der Waals surface area contributed by atoms with E-state index in [1.54, 1.807) is 0 Å². The van der Waals surface area contributed by atoms with Crippen molar-refractivity contribution in [2.24, 2.45) is 11.8 Å². The van der Waals surface area contributed by atoms with Crippen LogP contribution in [0.5, 0.6) is 0 Å². The van der Waals surface area contributed by atoms with Crippen LogP contribution in [0.2, 0.25) is 0 Å². The summed E-state index contributed by atoms with van der Waals surface area (Å²) in [7, 11) is 0. The molecule has 2 aromatic carbocycles. The fourth-order valence-electron chi connectivity index (χ4n) is 5.09. The van der Waals surface area contributed by atoms with Gasteiger partial charge in [0.15, 0.2) is 5.78 Å². The fourth-order valence-corrected chi connectivity index (χ4v) is 5.09. The summed E-state index contributed by atoms with van der Waals surface area (Å²) in [5.41, 5.74) is 4.26. The Kier molecular flexibility index (Phi) is 6.36. The number of fused-ring (bicyclic) bond motifs is 1. The van der Waals surface area contributed by atoms with E-state index in [1.807, 2.05) is 18.2 Å². The normalized spacial score (nSPS) is 16.3. The molecular weight excluding hydrogens is 368 g/mol. The summed E-state index contributed by atoms with van der Waals surface area (Å²) in [6, 6.07) is 17.0. The second kappa shape index (κ2) is 9.16. The van der Waals surface area contributed by atoms with Gasteiger partial charge in [0, 0.05) is 23.9 Å². The SMILES string of the molecule is Cc1cccc(C(=O)C(Cc2nc3ccccc3n2C2CCCCC2)CC(C)C)c1. The van der Waals surface area contributed by atoms with E-state index in [2.05, 4.69) is 55.7 Å². The van der Waals surface area contributed by atoms with E-state index in [1.165, 1.54) is 37.6 Å². The Morgan fingerprint density at radius 3 is 2.57 bits per heavy atom. The molecule has 3 nitrogen and oxygen atoms in total. The number of hydrogen-bond acceptors (Lipinski definition) is 2. The highest BCUT2D eigenvalue weighted by atomic mass is 16.1. The van der Waals surface area contributed by atoms with Gasteiger partial charge in [0.25, 0.3) is 0 Å². The molecule has 0 amide bonds. The molecule has 1 atom stereocenters. The maximum atomic E-state index is 13.5. The largest absolute Gasteiger partial charge is 0.325 e. The van der Waals surface area contributed by atoms with Crippen molar-refractivity contribution in [2.75, 3.05) is 0 Å². The molecule has 1 unspecified atom stereocenters. The van der Waals surface area contributed by atoms with Crippen molar-refractivity contribution in [2.45, 2.75) is 71.8 Å². The fraction of sp³-hybridized carbons (Fsp3) is 0.481. The van der Waals surface area contributed by atoms with Crippen LogP contribution in [0.25, 0.3) is 11.0 Å². The minimum absolute atomic E-state index is 0.0362. The number of imidazole rings is 1. The monoisotopic (exact) mass is 402 g/mol. The van der Waals surface area contributed by atoms with Crippen LogP contribution in [0.3, 0.4) is 0 Å². The number of para-hydroxylation sites is 2. The molecule has 0 aliphatic heterocycles. The lowest BCUT2D eigenvalue weighted by atomic mass is 9.86. The number of Topliss-reactive ketones (excluding diaryl/α,β-unsaturated/α-hetero) is 1. The second-order valence-electron chi connectivity index (χ2n) is 9.44. The van der Waals surface area contributed by atoms with Crippen LogP contribution in [-0.4, -0.2) is 15.3 Å². The van der Waals surface area contributed by atoms with E-state index in [9.17, 15) is 4.79 Å². The third-order valence-corrected chi connectivity index (χ3v) is 6.47. The summed E-state index contributed by atoms with van der Waals surface area (Å²) >= 11 is 0. The Hall–Kier alpha value is -2.42.